The highest BCUT2D eigenvalue weighted by atomic mass is 35.5. The molecule has 3 aromatic heterocycles. The van der Waals surface area contributed by atoms with Gasteiger partial charge in [-0.15, -0.1) is 10.2 Å². The van der Waals surface area contributed by atoms with Gasteiger partial charge in [-0.05, 0) is 48.7 Å². The number of nitrogens with two attached hydrogens (primary N) is 1. The average molecular weight is 538 g/mol. The second-order valence-corrected chi connectivity index (χ2v) is 9.69. The molecule has 0 fully saturated rings. The van der Waals surface area contributed by atoms with Crippen molar-refractivity contribution >= 4 is 23.2 Å². The fourth-order valence-corrected chi connectivity index (χ4v) is 4.46. The summed E-state index contributed by atoms with van der Waals surface area (Å²) in [6, 6.07) is 18.2. The number of pyridine rings is 1. The molecule has 194 valence electrons. The van der Waals surface area contributed by atoms with Crippen LogP contribution in [0.3, 0.4) is 0 Å². The van der Waals surface area contributed by atoms with E-state index in [4.69, 9.17) is 22.3 Å². The van der Waals surface area contributed by atoms with Crippen molar-refractivity contribution in [1.29, 1.82) is 0 Å². The Hall–Kier alpha value is -4.02. The largest absolute Gasteiger partial charge is 0.416 e. The first kappa shape index (κ1) is 25.6. The maximum absolute atomic E-state index is 13.6. The number of rotatable bonds is 7. The smallest absolute Gasteiger partial charge is 0.353 e. The van der Waals surface area contributed by atoms with Gasteiger partial charge in [-0.2, -0.15) is 13.2 Å². The molecule has 0 aliphatic carbocycles. The van der Waals surface area contributed by atoms with Crippen molar-refractivity contribution in [2.45, 2.75) is 25.1 Å². The van der Waals surface area contributed by atoms with Gasteiger partial charge in [0.15, 0.2) is 5.65 Å². The summed E-state index contributed by atoms with van der Waals surface area (Å²) in [5, 5.41) is 11.8. The van der Waals surface area contributed by atoms with Crippen LogP contribution in [0.4, 0.5) is 19.1 Å². The Labute approximate surface area is 221 Å². The van der Waals surface area contributed by atoms with E-state index in [1.807, 2.05) is 37.3 Å². The Bertz CT molecular complexity index is 1580. The minimum Gasteiger partial charge on any atom is -0.353 e. The summed E-state index contributed by atoms with van der Waals surface area (Å²) in [4.78, 5) is 8.83. The maximum atomic E-state index is 13.6. The van der Waals surface area contributed by atoms with Crippen molar-refractivity contribution in [3.05, 3.63) is 95.5 Å². The third-order valence-electron chi connectivity index (χ3n) is 6.03. The van der Waals surface area contributed by atoms with Gasteiger partial charge in [0.25, 0.3) is 0 Å². The first-order valence-corrected chi connectivity index (χ1v) is 12.1. The van der Waals surface area contributed by atoms with E-state index >= 15 is 0 Å². The molecule has 0 saturated carbocycles. The van der Waals surface area contributed by atoms with Gasteiger partial charge in [-0.3, -0.25) is 4.40 Å². The Morgan fingerprint density at radius 3 is 2.53 bits per heavy atom. The summed E-state index contributed by atoms with van der Waals surface area (Å²) in [5.41, 5.74) is 8.19. The molecule has 0 spiro atoms. The van der Waals surface area contributed by atoms with Gasteiger partial charge < -0.3 is 11.1 Å². The highest BCUT2D eigenvalue weighted by Gasteiger charge is 2.31. The van der Waals surface area contributed by atoms with Crippen molar-refractivity contribution in [3.8, 4) is 22.4 Å². The van der Waals surface area contributed by atoms with Crippen LogP contribution in [-0.4, -0.2) is 36.6 Å². The van der Waals surface area contributed by atoms with Crippen LogP contribution in [0.25, 0.3) is 28.0 Å². The Morgan fingerprint density at radius 2 is 1.79 bits per heavy atom. The molecule has 0 unspecified atom stereocenters. The number of nitrogens with one attached hydrogen (secondary N) is 1. The lowest BCUT2D eigenvalue weighted by Crippen LogP contribution is -2.45. The molecule has 3 N–H and O–H groups in total. The predicted molar refractivity (Wildman–Crippen MR) is 141 cm³/mol. The third kappa shape index (κ3) is 5.46. The normalized spacial score (nSPS) is 13.4. The van der Waals surface area contributed by atoms with Crippen molar-refractivity contribution in [1.82, 2.24) is 24.6 Å². The van der Waals surface area contributed by atoms with Crippen LogP contribution in [0.1, 0.15) is 18.1 Å². The van der Waals surface area contributed by atoms with E-state index in [-0.39, 0.29) is 10.7 Å². The molecular formula is C27H23ClF3N7. The maximum Gasteiger partial charge on any atom is 0.416 e. The number of hydrogen-bond donors (Lipinski definition) is 2. The molecule has 0 aliphatic rings. The van der Waals surface area contributed by atoms with Crippen molar-refractivity contribution in [2.75, 3.05) is 11.9 Å². The molecule has 11 heteroatoms. The van der Waals surface area contributed by atoms with E-state index in [2.05, 4.69) is 20.5 Å². The molecule has 3 heterocycles. The zero-order valence-electron chi connectivity index (χ0n) is 20.2. The average Bonchev–Trinajstić information content (AvgIpc) is 3.37. The number of nitrogens with zero attached hydrogens (tertiary/aromatic N) is 5. The molecule has 0 aliphatic heterocycles. The number of hydrogen-bond acceptors (Lipinski definition) is 6. The third-order valence-corrected chi connectivity index (χ3v) is 6.24. The summed E-state index contributed by atoms with van der Waals surface area (Å²) in [6.07, 6.45) is -0.940. The molecule has 0 saturated heterocycles. The van der Waals surface area contributed by atoms with Gasteiger partial charge in [0, 0.05) is 23.8 Å². The second-order valence-electron chi connectivity index (χ2n) is 9.30. The number of benzene rings is 2. The van der Waals surface area contributed by atoms with Gasteiger partial charge in [0.05, 0.1) is 16.8 Å². The van der Waals surface area contributed by atoms with Crippen molar-refractivity contribution < 1.29 is 13.2 Å². The molecule has 5 rings (SSSR count). The summed E-state index contributed by atoms with van der Waals surface area (Å²) in [6.45, 7) is 2.28. The Kier molecular flexibility index (Phi) is 6.77. The quantitative estimate of drug-likeness (QED) is 0.251. The molecule has 38 heavy (non-hydrogen) atoms. The first-order valence-electron chi connectivity index (χ1n) is 11.7. The molecule has 5 aromatic rings. The summed E-state index contributed by atoms with van der Waals surface area (Å²) in [5.74, 6) is 0.383. The number of halogens is 4. The fraction of sp³-hybridized carbons (Fsp3) is 0.185. The van der Waals surface area contributed by atoms with E-state index in [1.54, 1.807) is 22.6 Å². The number of alkyl halides is 3. The minimum atomic E-state index is -4.51. The van der Waals surface area contributed by atoms with Crippen LogP contribution in [-0.2, 0) is 12.6 Å². The van der Waals surface area contributed by atoms with Gasteiger partial charge in [0.2, 0.25) is 5.95 Å². The molecular weight excluding hydrogens is 515 g/mol. The molecule has 0 radical (unpaired) electrons. The van der Waals surface area contributed by atoms with Gasteiger partial charge in [-0.25, -0.2) is 9.97 Å². The lowest BCUT2D eigenvalue weighted by Gasteiger charge is -2.26. The highest BCUT2D eigenvalue weighted by molar-refractivity contribution is 6.29. The van der Waals surface area contributed by atoms with Crippen LogP contribution in [0.2, 0.25) is 5.15 Å². The zero-order chi connectivity index (χ0) is 26.9. The number of fused-ring (bicyclic) bond motifs is 1. The van der Waals surface area contributed by atoms with Crippen LogP contribution < -0.4 is 11.1 Å². The lowest BCUT2D eigenvalue weighted by molar-refractivity contribution is -0.137. The monoisotopic (exact) mass is 537 g/mol. The summed E-state index contributed by atoms with van der Waals surface area (Å²) >= 11 is 6.16. The zero-order valence-corrected chi connectivity index (χ0v) is 21.0. The van der Waals surface area contributed by atoms with Crippen molar-refractivity contribution in [3.63, 3.8) is 0 Å². The summed E-state index contributed by atoms with van der Waals surface area (Å²) < 4.78 is 42.2. The van der Waals surface area contributed by atoms with Gasteiger partial charge in [0.1, 0.15) is 11.5 Å². The predicted octanol–water partition coefficient (Wildman–Crippen LogP) is 5.90. The van der Waals surface area contributed by atoms with Crippen LogP contribution >= 0.6 is 11.6 Å². The first-order chi connectivity index (χ1) is 18.1. The van der Waals surface area contributed by atoms with Gasteiger partial charge >= 0.3 is 6.18 Å². The highest BCUT2D eigenvalue weighted by Crippen LogP contribution is 2.38. The van der Waals surface area contributed by atoms with Crippen LogP contribution in [0.15, 0.2) is 79.3 Å². The lowest BCUT2D eigenvalue weighted by atomic mass is 9.94. The second kappa shape index (κ2) is 10.0. The SMILES string of the molecule is C[C@@](N)(CNc1nc(-c2ccnc(Cl)c2)c(-c2cccc(C(F)(F)F)c2)c2nncn12)Cc1ccccc1. The van der Waals surface area contributed by atoms with Crippen LogP contribution in [0, 0.1) is 0 Å². The molecule has 0 bridgehead atoms. The standard InChI is InChI=1S/C27H23ClF3N7/c1-26(32,14-17-6-3-2-4-7-17)15-34-25-36-23(19-10-11-33-21(28)13-19)22(24-37-35-16-38(24)25)18-8-5-9-20(12-18)27(29,30)31/h2-13,16H,14-15,32H2,1H3,(H,34,36)/t26-/m0/s1. The van der Waals surface area contributed by atoms with E-state index in [0.29, 0.717) is 41.4 Å². The van der Waals surface area contributed by atoms with E-state index in [9.17, 15) is 13.2 Å². The Morgan fingerprint density at radius 1 is 1.00 bits per heavy atom. The minimum absolute atomic E-state index is 0.215. The van der Waals surface area contributed by atoms with Crippen LogP contribution in [0.5, 0.6) is 0 Å². The van der Waals surface area contributed by atoms with Gasteiger partial charge in [-0.1, -0.05) is 54.1 Å². The van der Waals surface area contributed by atoms with Crippen molar-refractivity contribution in [2.24, 2.45) is 5.73 Å². The fourth-order valence-electron chi connectivity index (χ4n) is 4.29. The molecule has 0 amide bonds. The topological polar surface area (TPSA) is 94.0 Å². The molecule has 2 aromatic carbocycles. The number of aromatic nitrogens is 5. The molecule has 1 atom stereocenters. The van der Waals surface area contributed by atoms with E-state index in [1.165, 1.54) is 18.6 Å². The van der Waals surface area contributed by atoms with E-state index in [0.717, 1.165) is 17.7 Å². The van der Waals surface area contributed by atoms with E-state index < -0.39 is 17.3 Å². The molecule has 7 nitrogen and oxygen atoms in total. The Balaban J connectivity index is 1.61. The number of anilines is 1. The summed E-state index contributed by atoms with van der Waals surface area (Å²) in [7, 11) is 0.